The van der Waals surface area contributed by atoms with Gasteiger partial charge in [0.15, 0.2) is 17.4 Å². The van der Waals surface area contributed by atoms with Crippen LogP contribution in [0.3, 0.4) is 0 Å². The molecule has 3 rings (SSSR count). The Morgan fingerprint density at radius 1 is 1.12 bits per heavy atom. The molecule has 1 fully saturated rings. The predicted octanol–water partition coefficient (Wildman–Crippen LogP) is 4.72. The van der Waals surface area contributed by atoms with Crippen molar-refractivity contribution in [1.82, 2.24) is 0 Å². The molecule has 3 nitrogen and oxygen atoms in total. The molecule has 132 valence electrons. The zero-order valence-corrected chi connectivity index (χ0v) is 14.4. The summed E-state index contributed by atoms with van der Waals surface area (Å²) < 4.78 is 26.4. The number of hydrogen-bond acceptors (Lipinski definition) is 3. The van der Waals surface area contributed by atoms with Crippen LogP contribution in [-0.4, -0.2) is 18.9 Å². The second-order valence-corrected chi connectivity index (χ2v) is 6.36. The van der Waals surface area contributed by atoms with E-state index in [0.717, 1.165) is 30.2 Å². The molecule has 1 heterocycles. The monoisotopic (exact) mass is 352 g/mol. The van der Waals surface area contributed by atoms with E-state index in [1.165, 1.54) is 13.0 Å². The second kappa shape index (κ2) is 7.49. The molecule has 2 aromatic carbocycles. The summed E-state index contributed by atoms with van der Waals surface area (Å²) in [5.74, 6) is -1.74. The number of piperidine rings is 1. The van der Waals surface area contributed by atoms with Crippen molar-refractivity contribution < 1.29 is 13.6 Å². The van der Waals surface area contributed by atoms with Gasteiger partial charge in [0, 0.05) is 18.7 Å². The van der Waals surface area contributed by atoms with E-state index in [1.54, 1.807) is 24.3 Å². The van der Waals surface area contributed by atoms with Gasteiger partial charge < -0.3 is 4.90 Å². The van der Waals surface area contributed by atoms with Crippen molar-refractivity contribution in [3.63, 3.8) is 0 Å². The molecule has 0 bridgehead atoms. The van der Waals surface area contributed by atoms with E-state index in [1.807, 2.05) is 6.08 Å². The molecule has 0 N–H and O–H groups in total. The SMILES string of the molecule is CC(=O)c1ccc(C#N)c(N2CCC(=Cc3ccc(F)c(F)c3)CC2)c1. The van der Waals surface area contributed by atoms with E-state index < -0.39 is 11.6 Å². The first-order valence-corrected chi connectivity index (χ1v) is 8.42. The van der Waals surface area contributed by atoms with Gasteiger partial charge in [-0.2, -0.15) is 5.26 Å². The largest absolute Gasteiger partial charge is 0.370 e. The van der Waals surface area contributed by atoms with Gasteiger partial charge in [0.1, 0.15) is 6.07 Å². The molecule has 0 radical (unpaired) electrons. The van der Waals surface area contributed by atoms with Gasteiger partial charge in [-0.25, -0.2) is 8.78 Å². The lowest BCUT2D eigenvalue weighted by molar-refractivity contribution is 0.101. The molecule has 0 saturated carbocycles. The van der Waals surface area contributed by atoms with Gasteiger partial charge in [0.25, 0.3) is 0 Å². The van der Waals surface area contributed by atoms with Gasteiger partial charge >= 0.3 is 0 Å². The first-order valence-electron chi connectivity index (χ1n) is 8.42. The standard InChI is InChI=1S/C21H18F2N2O/c1-14(26)17-3-4-18(13-24)21(12-17)25-8-6-15(7-9-25)10-16-2-5-19(22)20(23)11-16/h2-5,10-12H,6-9H2,1H3. The van der Waals surface area contributed by atoms with Crippen molar-refractivity contribution in [3.05, 3.63) is 70.3 Å². The topological polar surface area (TPSA) is 44.1 Å². The number of hydrogen-bond donors (Lipinski definition) is 0. The van der Waals surface area contributed by atoms with Crippen molar-refractivity contribution >= 4 is 17.5 Å². The zero-order valence-electron chi connectivity index (χ0n) is 14.4. The molecule has 26 heavy (non-hydrogen) atoms. The van der Waals surface area contributed by atoms with Crippen LogP contribution >= 0.6 is 0 Å². The number of benzene rings is 2. The molecule has 0 amide bonds. The third-order valence-electron chi connectivity index (χ3n) is 4.59. The van der Waals surface area contributed by atoms with Crippen molar-refractivity contribution in [2.45, 2.75) is 19.8 Å². The van der Waals surface area contributed by atoms with Crippen molar-refractivity contribution in [2.75, 3.05) is 18.0 Å². The number of anilines is 1. The number of nitrogens with zero attached hydrogens (tertiary/aromatic N) is 2. The van der Waals surface area contributed by atoms with Gasteiger partial charge in [-0.1, -0.05) is 17.7 Å². The van der Waals surface area contributed by atoms with Crippen LogP contribution in [0.15, 0.2) is 42.0 Å². The zero-order chi connectivity index (χ0) is 18.7. The third-order valence-corrected chi connectivity index (χ3v) is 4.59. The predicted molar refractivity (Wildman–Crippen MR) is 96.9 cm³/mol. The molecular weight excluding hydrogens is 334 g/mol. The molecule has 1 aliphatic heterocycles. The van der Waals surface area contributed by atoms with E-state index in [2.05, 4.69) is 11.0 Å². The minimum atomic E-state index is -0.851. The third kappa shape index (κ3) is 3.80. The Morgan fingerprint density at radius 2 is 1.85 bits per heavy atom. The van der Waals surface area contributed by atoms with Gasteiger partial charge in [0.05, 0.1) is 11.3 Å². The summed E-state index contributed by atoms with van der Waals surface area (Å²) in [5.41, 5.74) is 3.69. The van der Waals surface area contributed by atoms with Crippen LogP contribution < -0.4 is 4.90 Å². The molecule has 1 aliphatic rings. The number of rotatable bonds is 3. The fourth-order valence-electron chi connectivity index (χ4n) is 3.12. The molecule has 2 aromatic rings. The van der Waals surface area contributed by atoms with Gasteiger partial charge in [-0.05, 0) is 55.7 Å². The van der Waals surface area contributed by atoms with Crippen molar-refractivity contribution in [2.24, 2.45) is 0 Å². The maximum Gasteiger partial charge on any atom is 0.159 e. The summed E-state index contributed by atoms with van der Waals surface area (Å²) in [7, 11) is 0. The van der Waals surface area contributed by atoms with Crippen LogP contribution in [-0.2, 0) is 0 Å². The normalized spacial score (nSPS) is 14.1. The Bertz CT molecular complexity index is 918. The van der Waals surface area contributed by atoms with Crippen LogP contribution in [0.1, 0.15) is 41.3 Å². The smallest absolute Gasteiger partial charge is 0.159 e. The highest BCUT2D eigenvalue weighted by molar-refractivity contribution is 5.95. The van der Waals surface area contributed by atoms with Crippen molar-refractivity contribution in [1.29, 1.82) is 5.26 Å². The lowest BCUT2D eigenvalue weighted by atomic mass is 9.98. The van der Waals surface area contributed by atoms with Crippen LogP contribution in [0.4, 0.5) is 14.5 Å². The van der Waals surface area contributed by atoms with E-state index in [-0.39, 0.29) is 5.78 Å². The molecule has 0 spiro atoms. The van der Waals surface area contributed by atoms with Crippen molar-refractivity contribution in [3.8, 4) is 6.07 Å². The average molecular weight is 352 g/mol. The summed E-state index contributed by atoms with van der Waals surface area (Å²) in [5, 5.41) is 9.33. The summed E-state index contributed by atoms with van der Waals surface area (Å²) in [6, 6.07) is 11.2. The Hall–Kier alpha value is -3.00. The second-order valence-electron chi connectivity index (χ2n) is 6.36. The Kier molecular flexibility index (Phi) is 5.13. The molecule has 0 aliphatic carbocycles. The number of halogens is 2. The van der Waals surface area contributed by atoms with Crippen LogP contribution in [0.5, 0.6) is 0 Å². The number of ketones is 1. The maximum atomic E-state index is 13.3. The lowest BCUT2D eigenvalue weighted by Crippen LogP contribution is -2.31. The quantitative estimate of drug-likeness (QED) is 0.751. The highest BCUT2D eigenvalue weighted by Gasteiger charge is 2.18. The summed E-state index contributed by atoms with van der Waals surface area (Å²) in [6.07, 6.45) is 3.40. The number of Topliss-reactive ketones (excluding diaryl/α,β-unsaturated/α-hetero) is 1. The van der Waals surface area contributed by atoms with E-state index in [4.69, 9.17) is 0 Å². The van der Waals surface area contributed by atoms with Crippen LogP contribution in [0.2, 0.25) is 0 Å². The minimum Gasteiger partial charge on any atom is -0.370 e. The van der Waals surface area contributed by atoms with Gasteiger partial charge in [0.2, 0.25) is 0 Å². The maximum absolute atomic E-state index is 13.3. The molecule has 0 aromatic heterocycles. The van der Waals surface area contributed by atoms with E-state index in [9.17, 15) is 18.8 Å². The molecule has 0 unspecified atom stereocenters. The summed E-state index contributed by atoms with van der Waals surface area (Å²) >= 11 is 0. The Labute approximate surface area is 151 Å². The first kappa shape index (κ1) is 17.8. The molecule has 5 heteroatoms. The summed E-state index contributed by atoms with van der Waals surface area (Å²) in [4.78, 5) is 13.7. The van der Waals surface area contributed by atoms with E-state index >= 15 is 0 Å². The minimum absolute atomic E-state index is 0.0355. The van der Waals surface area contributed by atoms with Crippen LogP contribution in [0.25, 0.3) is 6.08 Å². The number of nitriles is 1. The fraction of sp³-hybridized carbons (Fsp3) is 0.238. The molecular formula is C21H18F2N2O. The highest BCUT2D eigenvalue weighted by Crippen LogP contribution is 2.28. The van der Waals surface area contributed by atoms with E-state index in [0.29, 0.717) is 29.8 Å². The van der Waals surface area contributed by atoms with Gasteiger partial charge in [-0.3, -0.25) is 4.79 Å². The number of carbonyl (C=O) groups is 1. The Balaban J connectivity index is 1.77. The molecule has 0 atom stereocenters. The Morgan fingerprint density at radius 3 is 2.46 bits per heavy atom. The lowest BCUT2D eigenvalue weighted by Gasteiger charge is -2.31. The van der Waals surface area contributed by atoms with Gasteiger partial charge in [-0.15, -0.1) is 0 Å². The first-order chi connectivity index (χ1) is 12.5. The fourth-order valence-corrected chi connectivity index (χ4v) is 3.12. The number of carbonyl (C=O) groups excluding carboxylic acids is 1. The molecule has 1 saturated heterocycles. The highest BCUT2D eigenvalue weighted by atomic mass is 19.2. The average Bonchev–Trinajstić information content (AvgIpc) is 2.65. The van der Waals surface area contributed by atoms with Crippen LogP contribution in [0, 0.1) is 23.0 Å². The summed E-state index contributed by atoms with van der Waals surface area (Å²) in [6.45, 7) is 2.90.